The van der Waals surface area contributed by atoms with Crippen LogP contribution in [0.25, 0.3) is 0 Å². The lowest BCUT2D eigenvalue weighted by Crippen LogP contribution is -2.24. The number of hydrogen-bond acceptors (Lipinski definition) is 2. The summed E-state index contributed by atoms with van der Waals surface area (Å²) in [6.45, 7) is 3.74. The first kappa shape index (κ1) is 11.6. The van der Waals surface area contributed by atoms with Gasteiger partial charge in [-0.15, -0.1) is 0 Å². The van der Waals surface area contributed by atoms with Crippen molar-refractivity contribution in [1.29, 1.82) is 0 Å². The van der Waals surface area contributed by atoms with Crippen molar-refractivity contribution in [3.8, 4) is 0 Å². The van der Waals surface area contributed by atoms with Crippen molar-refractivity contribution in [2.24, 2.45) is 5.92 Å². The van der Waals surface area contributed by atoms with Crippen LogP contribution in [-0.4, -0.2) is 19.0 Å². The fourth-order valence-electron chi connectivity index (χ4n) is 1.86. The van der Waals surface area contributed by atoms with Crippen LogP contribution in [0.2, 0.25) is 0 Å². The molecule has 86 valence electrons. The molecule has 3 nitrogen and oxygen atoms in total. The molecule has 0 spiro atoms. The minimum atomic E-state index is 0.104. The molecule has 0 aliphatic carbocycles. The van der Waals surface area contributed by atoms with Crippen LogP contribution in [0.5, 0.6) is 0 Å². The third kappa shape index (κ3) is 2.44. The first-order valence-corrected chi connectivity index (χ1v) is 6.24. The Balaban J connectivity index is 2.08. The van der Waals surface area contributed by atoms with E-state index in [9.17, 15) is 4.79 Å². The Morgan fingerprint density at radius 2 is 2.38 bits per heavy atom. The summed E-state index contributed by atoms with van der Waals surface area (Å²) >= 11 is 3.49. The highest BCUT2D eigenvalue weighted by Gasteiger charge is 2.22. The van der Waals surface area contributed by atoms with Crippen LogP contribution in [-0.2, 0) is 4.79 Å². The number of benzene rings is 1. The Labute approximate surface area is 104 Å². The molecule has 0 radical (unpaired) electrons. The lowest BCUT2D eigenvalue weighted by molar-refractivity contribution is -0.119. The molecule has 0 aromatic heterocycles. The van der Waals surface area contributed by atoms with Gasteiger partial charge in [0.25, 0.3) is 0 Å². The minimum Gasteiger partial charge on any atom is -0.325 e. The maximum atomic E-state index is 11.9. The standard InChI is InChI=1S/C12H15BrN2O/c1-8-3-2-4-10(11(8)13)15-12(16)9-5-6-14-7-9/h2-4,9,14H,5-7H2,1H3,(H,15,16). The van der Waals surface area contributed by atoms with Crippen molar-refractivity contribution in [2.45, 2.75) is 13.3 Å². The van der Waals surface area contributed by atoms with Crippen molar-refractivity contribution in [1.82, 2.24) is 5.32 Å². The summed E-state index contributed by atoms with van der Waals surface area (Å²) in [5.74, 6) is 0.212. The smallest absolute Gasteiger partial charge is 0.228 e. The molecule has 0 bridgehead atoms. The first-order valence-electron chi connectivity index (χ1n) is 5.45. The minimum absolute atomic E-state index is 0.104. The number of anilines is 1. The normalized spacial score (nSPS) is 19.8. The monoisotopic (exact) mass is 282 g/mol. The Kier molecular flexibility index (Phi) is 3.61. The Morgan fingerprint density at radius 1 is 1.56 bits per heavy atom. The molecule has 0 saturated carbocycles. The van der Waals surface area contributed by atoms with E-state index in [1.165, 1.54) is 0 Å². The van der Waals surface area contributed by atoms with Gasteiger partial charge in [-0.05, 0) is 47.4 Å². The zero-order chi connectivity index (χ0) is 11.5. The molecule has 1 heterocycles. The molecule has 1 fully saturated rings. The zero-order valence-corrected chi connectivity index (χ0v) is 10.8. The molecule has 1 aromatic rings. The van der Waals surface area contributed by atoms with Crippen LogP contribution in [0.15, 0.2) is 22.7 Å². The third-order valence-electron chi connectivity index (χ3n) is 2.88. The Bertz CT molecular complexity index is 400. The van der Waals surface area contributed by atoms with E-state index in [1.54, 1.807) is 0 Å². The summed E-state index contributed by atoms with van der Waals surface area (Å²) in [5.41, 5.74) is 1.99. The number of nitrogens with one attached hydrogen (secondary N) is 2. The van der Waals surface area contributed by atoms with E-state index in [2.05, 4.69) is 26.6 Å². The second-order valence-electron chi connectivity index (χ2n) is 4.12. The topological polar surface area (TPSA) is 41.1 Å². The highest BCUT2D eigenvalue weighted by Crippen LogP contribution is 2.26. The Morgan fingerprint density at radius 3 is 3.06 bits per heavy atom. The fourth-order valence-corrected chi connectivity index (χ4v) is 2.22. The van der Waals surface area contributed by atoms with Crippen LogP contribution in [0.3, 0.4) is 0 Å². The van der Waals surface area contributed by atoms with Gasteiger partial charge >= 0.3 is 0 Å². The number of carbonyl (C=O) groups excluding carboxylic acids is 1. The van der Waals surface area contributed by atoms with Gasteiger partial charge in [-0.25, -0.2) is 0 Å². The average molecular weight is 283 g/mol. The van der Waals surface area contributed by atoms with Gasteiger partial charge in [-0.3, -0.25) is 4.79 Å². The van der Waals surface area contributed by atoms with Crippen LogP contribution in [0.4, 0.5) is 5.69 Å². The van der Waals surface area contributed by atoms with E-state index >= 15 is 0 Å². The number of hydrogen-bond donors (Lipinski definition) is 2. The van der Waals surface area contributed by atoms with E-state index < -0.39 is 0 Å². The summed E-state index contributed by atoms with van der Waals surface area (Å²) in [6.07, 6.45) is 0.926. The molecular formula is C12H15BrN2O. The van der Waals surface area contributed by atoms with Crippen LogP contribution >= 0.6 is 15.9 Å². The molecule has 1 aliphatic heterocycles. The summed E-state index contributed by atoms with van der Waals surface area (Å²) in [4.78, 5) is 11.9. The summed E-state index contributed by atoms with van der Waals surface area (Å²) in [6, 6.07) is 5.87. The Hall–Kier alpha value is -0.870. The van der Waals surface area contributed by atoms with Crippen LogP contribution in [0.1, 0.15) is 12.0 Å². The quantitative estimate of drug-likeness (QED) is 0.874. The maximum absolute atomic E-state index is 11.9. The zero-order valence-electron chi connectivity index (χ0n) is 9.22. The summed E-state index contributed by atoms with van der Waals surface area (Å²) < 4.78 is 0.967. The lowest BCUT2D eigenvalue weighted by atomic mass is 10.1. The maximum Gasteiger partial charge on any atom is 0.228 e. The molecule has 1 amide bonds. The van der Waals surface area contributed by atoms with Gasteiger partial charge in [-0.2, -0.15) is 0 Å². The van der Waals surface area contributed by atoms with Crippen molar-refractivity contribution in [3.05, 3.63) is 28.2 Å². The van der Waals surface area contributed by atoms with Gasteiger partial charge in [0.05, 0.1) is 11.6 Å². The summed E-state index contributed by atoms with van der Waals surface area (Å²) in [7, 11) is 0. The van der Waals surface area contributed by atoms with Gasteiger partial charge in [0.2, 0.25) is 5.91 Å². The van der Waals surface area contributed by atoms with Crippen molar-refractivity contribution < 1.29 is 4.79 Å². The second kappa shape index (κ2) is 4.97. The number of carbonyl (C=O) groups is 1. The van der Waals surface area contributed by atoms with Gasteiger partial charge in [-0.1, -0.05) is 12.1 Å². The fraction of sp³-hybridized carbons (Fsp3) is 0.417. The number of rotatable bonds is 2. The number of amides is 1. The second-order valence-corrected chi connectivity index (χ2v) is 4.91. The number of halogens is 1. The van der Waals surface area contributed by atoms with E-state index in [0.717, 1.165) is 35.2 Å². The van der Waals surface area contributed by atoms with Gasteiger partial charge < -0.3 is 10.6 Å². The third-order valence-corrected chi connectivity index (χ3v) is 3.93. The van der Waals surface area contributed by atoms with Gasteiger partial charge in [0, 0.05) is 11.0 Å². The predicted molar refractivity (Wildman–Crippen MR) is 68.5 cm³/mol. The van der Waals surface area contributed by atoms with Crippen molar-refractivity contribution >= 4 is 27.5 Å². The SMILES string of the molecule is Cc1cccc(NC(=O)C2CCNC2)c1Br. The highest BCUT2D eigenvalue weighted by molar-refractivity contribution is 9.10. The molecule has 1 aliphatic rings. The van der Waals surface area contributed by atoms with Crippen LogP contribution < -0.4 is 10.6 Å². The lowest BCUT2D eigenvalue weighted by Gasteiger charge is -2.12. The predicted octanol–water partition coefficient (Wildman–Crippen LogP) is 2.31. The average Bonchev–Trinajstić information content (AvgIpc) is 2.78. The van der Waals surface area contributed by atoms with Gasteiger partial charge in [0.1, 0.15) is 0 Å². The van der Waals surface area contributed by atoms with Gasteiger partial charge in [0.15, 0.2) is 0 Å². The molecule has 2 N–H and O–H groups in total. The van der Waals surface area contributed by atoms with E-state index in [4.69, 9.17) is 0 Å². The van der Waals surface area contributed by atoms with E-state index in [0.29, 0.717) is 0 Å². The molecule has 1 unspecified atom stereocenters. The molecule has 2 rings (SSSR count). The summed E-state index contributed by atoms with van der Waals surface area (Å²) in [5, 5.41) is 6.16. The molecule has 16 heavy (non-hydrogen) atoms. The molecular weight excluding hydrogens is 268 g/mol. The molecule has 4 heteroatoms. The molecule has 1 aromatic carbocycles. The number of aryl methyl sites for hydroxylation is 1. The highest BCUT2D eigenvalue weighted by atomic mass is 79.9. The molecule has 1 saturated heterocycles. The largest absolute Gasteiger partial charge is 0.325 e. The van der Waals surface area contributed by atoms with Crippen molar-refractivity contribution in [2.75, 3.05) is 18.4 Å². The van der Waals surface area contributed by atoms with Crippen LogP contribution in [0, 0.1) is 12.8 Å². The van der Waals surface area contributed by atoms with E-state index in [1.807, 2.05) is 25.1 Å². The van der Waals surface area contributed by atoms with E-state index in [-0.39, 0.29) is 11.8 Å². The molecule has 1 atom stereocenters. The van der Waals surface area contributed by atoms with Crippen molar-refractivity contribution in [3.63, 3.8) is 0 Å². The first-order chi connectivity index (χ1) is 7.68.